The third kappa shape index (κ3) is 2.89. The Morgan fingerprint density at radius 3 is 2.67 bits per heavy atom. The van der Waals surface area contributed by atoms with Crippen molar-refractivity contribution in [2.45, 2.75) is 19.1 Å². The molecule has 96 valence electrons. The van der Waals surface area contributed by atoms with E-state index < -0.39 is 11.7 Å². The summed E-state index contributed by atoms with van der Waals surface area (Å²) in [7, 11) is 0. The molecule has 2 aromatic rings. The van der Waals surface area contributed by atoms with Crippen LogP contribution in [0, 0.1) is 0 Å². The minimum absolute atomic E-state index is 0.323. The monoisotopic (exact) mass is 255 g/mol. The minimum Gasteiger partial charge on any atom is -0.345 e. The zero-order chi connectivity index (χ0) is 13.2. The molecule has 0 atom stereocenters. The SMILES string of the molecule is NCc1cnc(Cc2cccc(C(F)(F)F)c2)[nH]1. The lowest BCUT2D eigenvalue weighted by molar-refractivity contribution is -0.137. The normalized spacial score (nSPS) is 11.8. The molecule has 1 aromatic carbocycles. The smallest absolute Gasteiger partial charge is 0.345 e. The Hall–Kier alpha value is -1.82. The summed E-state index contributed by atoms with van der Waals surface area (Å²) in [6.07, 6.45) is -2.41. The molecule has 2 rings (SSSR count). The molecule has 0 radical (unpaired) electrons. The molecular formula is C12H12F3N3. The molecule has 0 spiro atoms. The molecule has 0 amide bonds. The van der Waals surface area contributed by atoms with Crippen LogP contribution in [0.25, 0.3) is 0 Å². The first-order valence-electron chi connectivity index (χ1n) is 5.38. The van der Waals surface area contributed by atoms with E-state index in [1.54, 1.807) is 12.3 Å². The third-order valence-corrected chi connectivity index (χ3v) is 2.53. The van der Waals surface area contributed by atoms with Gasteiger partial charge in [-0.25, -0.2) is 4.98 Å². The van der Waals surface area contributed by atoms with Gasteiger partial charge in [-0.15, -0.1) is 0 Å². The standard InChI is InChI=1S/C12H12F3N3/c13-12(14,15)9-3-1-2-8(4-9)5-11-17-7-10(6-16)18-11/h1-4,7H,5-6,16H2,(H,17,18). The third-order valence-electron chi connectivity index (χ3n) is 2.53. The topological polar surface area (TPSA) is 54.7 Å². The van der Waals surface area contributed by atoms with Crippen LogP contribution < -0.4 is 5.73 Å². The molecule has 0 aliphatic rings. The number of hydrogen-bond acceptors (Lipinski definition) is 2. The summed E-state index contributed by atoms with van der Waals surface area (Å²) >= 11 is 0. The van der Waals surface area contributed by atoms with Crippen LogP contribution in [0.15, 0.2) is 30.5 Å². The van der Waals surface area contributed by atoms with Gasteiger partial charge in [-0.2, -0.15) is 13.2 Å². The van der Waals surface area contributed by atoms with Crippen molar-refractivity contribution in [2.24, 2.45) is 5.73 Å². The highest BCUT2D eigenvalue weighted by Gasteiger charge is 2.30. The molecule has 3 nitrogen and oxygen atoms in total. The van der Waals surface area contributed by atoms with Crippen molar-refractivity contribution in [3.05, 3.63) is 53.1 Å². The van der Waals surface area contributed by atoms with E-state index in [2.05, 4.69) is 9.97 Å². The average molecular weight is 255 g/mol. The average Bonchev–Trinajstić information content (AvgIpc) is 2.76. The first-order chi connectivity index (χ1) is 8.49. The van der Waals surface area contributed by atoms with E-state index in [0.717, 1.165) is 17.8 Å². The summed E-state index contributed by atoms with van der Waals surface area (Å²) in [4.78, 5) is 7.01. The molecule has 0 saturated heterocycles. The second kappa shape index (κ2) is 4.81. The molecule has 0 fully saturated rings. The van der Waals surface area contributed by atoms with Crippen molar-refractivity contribution in [1.82, 2.24) is 9.97 Å². The Morgan fingerprint density at radius 2 is 2.06 bits per heavy atom. The molecular weight excluding hydrogens is 243 g/mol. The van der Waals surface area contributed by atoms with E-state index in [-0.39, 0.29) is 0 Å². The van der Waals surface area contributed by atoms with Crippen molar-refractivity contribution in [3.63, 3.8) is 0 Å². The molecule has 0 aliphatic carbocycles. The highest BCUT2D eigenvalue weighted by atomic mass is 19.4. The van der Waals surface area contributed by atoms with Crippen molar-refractivity contribution in [3.8, 4) is 0 Å². The Labute approximate surface area is 102 Å². The summed E-state index contributed by atoms with van der Waals surface area (Å²) in [6, 6.07) is 5.21. The van der Waals surface area contributed by atoms with Gasteiger partial charge in [0.15, 0.2) is 0 Å². The molecule has 0 aliphatic heterocycles. The first-order valence-corrected chi connectivity index (χ1v) is 5.38. The number of nitrogens with one attached hydrogen (secondary N) is 1. The fraction of sp³-hybridized carbons (Fsp3) is 0.250. The Morgan fingerprint density at radius 1 is 1.28 bits per heavy atom. The van der Waals surface area contributed by atoms with E-state index in [9.17, 15) is 13.2 Å². The van der Waals surface area contributed by atoms with Gasteiger partial charge >= 0.3 is 6.18 Å². The van der Waals surface area contributed by atoms with Gasteiger partial charge in [0.2, 0.25) is 0 Å². The number of hydrogen-bond donors (Lipinski definition) is 2. The zero-order valence-electron chi connectivity index (χ0n) is 9.46. The molecule has 6 heteroatoms. The fourth-order valence-corrected chi connectivity index (χ4v) is 1.65. The van der Waals surface area contributed by atoms with E-state index in [4.69, 9.17) is 5.73 Å². The van der Waals surface area contributed by atoms with Gasteiger partial charge < -0.3 is 10.7 Å². The number of alkyl halides is 3. The second-order valence-electron chi connectivity index (χ2n) is 3.93. The molecule has 1 aromatic heterocycles. The van der Waals surface area contributed by atoms with Crippen molar-refractivity contribution < 1.29 is 13.2 Å². The number of H-pyrrole nitrogens is 1. The Kier molecular flexibility index (Phi) is 3.38. The summed E-state index contributed by atoms with van der Waals surface area (Å²) in [6.45, 7) is 0.329. The Balaban J connectivity index is 2.19. The van der Waals surface area contributed by atoms with Gasteiger partial charge in [-0.3, -0.25) is 0 Å². The number of benzene rings is 1. The van der Waals surface area contributed by atoms with Crippen LogP contribution in [0.4, 0.5) is 13.2 Å². The van der Waals surface area contributed by atoms with Crippen LogP contribution in [0.2, 0.25) is 0 Å². The molecule has 18 heavy (non-hydrogen) atoms. The molecule has 0 unspecified atom stereocenters. The van der Waals surface area contributed by atoms with Crippen molar-refractivity contribution in [2.75, 3.05) is 0 Å². The maximum atomic E-state index is 12.5. The largest absolute Gasteiger partial charge is 0.416 e. The highest BCUT2D eigenvalue weighted by Crippen LogP contribution is 2.29. The molecule has 0 bridgehead atoms. The summed E-state index contributed by atoms with van der Waals surface area (Å²) in [5, 5.41) is 0. The number of aromatic amines is 1. The van der Waals surface area contributed by atoms with E-state index in [0.29, 0.717) is 24.4 Å². The van der Waals surface area contributed by atoms with E-state index in [1.807, 2.05) is 0 Å². The summed E-state index contributed by atoms with van der Waals surface area (Å²) in [5.74, 6) is 0.606. The predicted molar refractivity (Wildman–Crippen MR) is 60.7 cm³/mol. The quantitative estimate of drug-likeness (QED) is 0.885. The lowest BCUT2D eigenvalue weighted by Crippen LogP contribution is -2.05. The highest BCUT2D eigenvalue weighted by molar-refractivity contribution is 5.27. The maximum absolute atomic E-state index is 12.5. The van der Waals surface area contributed by atoms with Gasteiger partial charge in [0.25, 0.3) is 0 Å². The second-order valence-corrected chi connectivity index (χ2v) is 3.93. The number of halogens is 3. The molecule has 1 heterocycles. The summed E-state index contributed by atoms with van der Waals surface area (Å²) < 4.78 is 37.6. The number of nitrogens with two attached hydrogens (primary N) is 1. The fourth-order valence-electron chi connectivity index (χ4n) is 1.65. The van der Waals surface area contributed by atoms with Crippen LogP contribution >= 0.6 is 0 Å². The number of rotatable bonds is 3. The van der Waals surface area contributed by atoms with Gasteiger partial charge in [-0.05, 0) is 11.6 Å². The van der Waals surface area contributed by atoms with Crippen LogP contribution in [0.5, 0.6) is 0 Å². The number of aromatic nitrogens is 2. The van der Waals surface area contributed by atoms with E-state index >= 15 is 0 Å². The number of imidazole rings is 1. The van der Waals surface area contributed by atoms with Gasteiger partial charge in [0.1, 0.15) is 5.82 Å². The van der Waals surface area contributed by atoms with Gasteiger partial charge in [-0.1, -0.05) is 18.2 Å². The van der Waals surface area contributed by atoms with Gasteiger partial charge in [0, 0.05) is 24.9 Å². The van der Waals surface area contributed by atoms with Crippen molar-refractivity contribution in [1.29, 1.82) is 0 Å². The first kappa shape index (κ1) is 12.6. The van der Waals surface area contributed by atoms with Crippen LogP contribution in [0.3, 0.4) is 0 Å². The maximum Gasteiger partial charge on any atom is 0.416 e. The molecule has 0 saturated carbocycles. The lowest BCUT2D eigenvalue weighted by atomic mass is 10.1. The lowest BCUT2D eigenvalue weighted by Gasteiger charge is -2.07. The minimum atomic E-state index is -4.32. The zero-order valence-corrected chi connectivity index (χ0v) is 9.46. The molecule has 3 N–H and O–H groups in total. The summed E-state index contributed by atoms with van der Waals surface area (Å²) in [5.41, 5.74) is 6.09. The van der Waals surface area contributed by atoms with Crippen LogP contribution in [-0.2, 0) is 19.1 Å². The van der Waals surface area contributed by atoms with Crippen LogP contribution in [-0.4, -0.2) is 9.97 Å². The Bertz CT molecular complexity index is 531. The number of nitrogens with zero attached hydrogens (tertiary/aromatic N) is 1. The van der Waals surface area contributed by atoms with Crippen molar-refractivity contribution >= 4 is 0 Å². The van der Waals surface area contributed by atoms with Crippen LogP contribution in [0.1, 0.15) is 22.6 Å². The van der Waals surface area contributed by atoms with E-state index in [1.165, 1.54) is 6.07 Å². The predicted octanol–water partition coefficient (Wildman–Crippen LogP) is 2.48. The van der Waals surface area contributed by atoms with Gasteiger partial charge in [0.05, 0.1) is 5.56 Å².